The van der Waals surface area contributed by atoms with Crippen molar-refractivity contribution in [3.8, 4) is 0 Å². The molecular weight excluding hydrogens is 747 g/mol. The van der Waals surface area contributed by atoms with E-state index >= 15 is 0 Å². The van der Waals surface area contributed by atoms with Gasteiger partial charge in [0.1, 0.15) is 11.8 Å². The summed E-state index contributed by atoms with van der Waals surface area (Å²) in [6.45, 7) is 14.2. The molecule has 0 aromatic rings. The van der Waals surface area contributed by atoms with Gasteiger partial charge in [0, 0.05) is 31.9 Å². The lowest BCUT2D eigenvalue weighted by Gasteiger charge is -2.45. The van der Waals surface area contributed by atoms with Gasteiger partial charge in [0.15, 0.2) is 0 Å². The molecule has 1 aliphatic carbocycles. The Hall–Kier alpha value is -2.92. The number of hydrogen-bond acceptors (Lipinski definition) is 8. The fraction of sp³-hybridized carbons (Fsp3) is 0.755. The first-order chi connectivity index (χ1) is 27.9. The Morgan fingerprint density at radius 3 is 2.36 bits per heavy atom. The number of aliphatic carboxylic acids is 1. The van der Waals surface area contributed by atoms with Gasteiger partial charge in [-0.2, -0.15) is 0 Å². The highest BCUT2D eigenvalue weighted by Crippen LogP contribution is 2.42. The number of ether oxygens (including phenoxy) is 2. The van der Waals surface area contributed by atoms with E-state index < -0.39 is 59.5 Å². The van der Waals surface area contributed by atoms with Crippen molar-refractivity contribution in [1.29, 1.82) is 0 Å². The molecule has 0 aromatic heterocycles. The van der Waals surface area contributed by atoms with E-state index in [9.17, 15) is 34.5 Å². The Bertz CT molecular complexity index is 1550. The molecule has 332 valence electrons. The Morgan fingerprint density at radius 1 is 0.898 bits per heavy atom. The number of piperidine rings is 1. The summed E-state index contributed by atoms with van der Waals surface area (Å²) in [6.07, 6.45) is 21.3. The van der Waals surface area contributed by atoms with Crippen LogP contribution in [0.2, 0.25) is 0 Å². The first-order valence-electron chi connectivity index (χ1n) is 22.9. The number of carbonyl (C=O) groups is 4. The molecule has 3 N–H and O–H groups in total. The van der Waals surface area contributed by atoms with Gasteiger partial charge in [-0.15, -0.1) is 0 Å². The van der Waals surface area contributed by atoms with Gasteiger partial charge in [-0.25, -0.2) is 4.79 Å². The van der Waals surface area contributed by atoms with Crippen LogP contribution in [-0.2, 0) is 28.7 Å². The van der Waals surface area contributed by atoms with E-state index in [2.05, 4.69) is 32.9 Å². The molecule has 4 bridgehead atoms. The fourth-order valence-electron chi connectivity index (χ4n) is 10.4. The summed E-state index contributed by atoms with van der Waals surface area (Å²) in [5.74, 6) is -5.96. The minimum Gasteiger partial charge on any atom is -0.480 e. The van der Waals surface area contributed by atoms with E-state index in [-0.39, 0.29) is 36.7 Å². The lowest BCUT2D eigenvalue weighted by Crippen LogP contribution is -2.62. The molecule has 2 saturated heterocycles. The molecule has 3 fully saturated rings. The highest BCUT2D eigenvalue weighted by molar-refractivity contribution is 6.39. The van der Waals surface area contributed by atoms with Crippen molar-refractivity contribution >= 4 is 23.4 Å². The van der Waals surface area contributed by atoms with Crippen molar-refractivity contribution in [3.05, 3.63) is 47.6 Å². The molecule has 3 heterocycles. The van der Waals surface area contributed by atoms with Crippen LogP contribution in [0.1, 0.15) is 145 Å². The topological polar surface area (TPSA) is 151 Å². The quantitative estimate of drug-likeness (QED) is 0.187. The maximum absolute atomic E-state index is 14.3. The smallest absolute Gasteiger partial charge is 0.326 e. The van der Waals surface area contributed by atoms with E-state index in [0.717, 1.165) is 43.3 Å². The van der Waals surface area contributed by atoms with Crippen LogP contribution in [0.4, 0.5) is 0 Å². The molecule has 59 heavy (non-hydrogen) atoms. The Balaban J connectivity index is 1.65. The van der Waals surface area contributed by atoms with E-state index in [1.165, 1.54) is 4.90 Å². The second kappa shape index (κ2) is 22.8. The van der Waals surface area contributed by atoms with Crippen LogP contribution in [0, 0.1) is 47.3 Å². The van der Waals surface area contributed by atoms with Crippen molar-refractivity contribution in [3.63, 3.8) is 0 Å². The van der Waals surface area contributed by atoms with Crippen LogP contribution in [0.5, 0.6) is 0 Å². The Kier molecular flexibility index (Phi) is 18.8. The molecule has 10 heteroatoms. The van der Waals surface area contributed by atoms with Gasteiger partial charge in [-0.1, -0.05) is 76.6 Å². The van der Waals surface area contributed by atoms with Crippen LogP contribution in [-0.4, -0.2) is 87.5 Å². The van der Waals surface area contributed by atoms with E-state index in [1.807, 2.05) is 45.1 Å². The molecular formula is C49H77NO9. The highest BCUT2D eigenvalue weighted by Gasteiger charge is 2.54. The number of fused-ring (bicyclic) bond motifs is 4. The maximum Gasteiger partial charge on any atom is 0.326 e. The molecule has 0 spiro atoms. The number of carboxylic acid groups (broad SMARTS) is 1. The summed E-state index contributed by atoms with van der Waals surface area (Å²) in [6, 6.07) is -1.29. The van der Waals surface area contributed by atoms with Crippen molar-refractivity contribution in [2.24, 2.45) is 47.3 Å². The molecule has 4 aliphatic rings. The summed E-state index contributed by atoms with van der Waals surface area (Å²) in [7, 11) is 1.73. The predicted molar refractivity (Wildman–Crippen MR) is 231 cm³/mol. The third-order valence-electron chi connectivity index (χ3n) is 14.3. The van der Waals surface area contributed by atoms with Gasteiger partial charge >= 0.3 is 5.97 Å². The predicted octanol–water partition coefficient (Wildman–Crippen LogP) is 8.80. The minimum atomic E-state index is -2.36. The molecule has 4 rings (SSSR count). The Labute approximate surface area is 354 Å². The van der Waals surface area contributed by atoms with Crippen LogP contribution >= 0.6 is 0 Å². The van der Waals surface area contributed by atoms with Crippen LogP contribution < -0.4 is 0 Å². The third kappa shape index (κ3) is 13.5. The molecule has 13 atom stereocenters. The Morgan fingerprint density at radius 2 is 1.64 bits per heavy atom. The summed E-state index contributed by atoms with van der Waals surface area (Å²) >= 11 is 0. The van der Waals surface area contributed by atoms with Crippen molar-refractivity contribution in [2.75, 3.05) is 13.7 Å². The number of hydrogen-bond donors (Lipinski definition) is 3. The normalized spacial score (nSPS) is 41.3. The molecule has 0 radical (unpaired) electrons. The van der Waals surface area contributed by atoms with Crippen LogP contribution in [0.25, 0.3) is 0 Å². The number of aliphatic hydroxyl groups is 2. The van der Waals surface area contributed by atoms with Gasteiger partial charge in [0.05, 0.1) is 18.3 Å². The molecule has 10 nitrogen and oxygen atoms in total. The average Bonchev–Trinajstić information content (AvgIpc) is 3.20. The fourth-order valence-corrected chi connectivity index (χ4v) is 10.4. The average molecular weight is 824 g/mol. The van der Waals surface area contributed by atoms with Gasteiger partial charge in [-0.05, 0) is 145 Å². The number of amides is 1. The molecule has 0 aromatic carbocycles. The van der Waals surface area contributed by atoms with E-state index in [0.29, 0.717) is 75.5 Å². The second-order valence-electron chi connectivity index (χ2n) is 19.2. The standard InChI is InChI=1S/C49H77NO9/c1-31-13-10-9-11-14-32(2)27-33(3)17-24-42(51)35(5)28-36(6)43(52)25-21-39(29-38-20-18-34(4)44(30-38)58-8)41-15-12-26-50(45(41)48(55)56)47(54)46(53)49(57)37(7)19-23-40(59-49)22-16-31/h9-11,13-14,28,32-34,36-42,44-45,51,57H,12,15-27,29-30H2,1-8H3,(H,55,56)/b10-9+,14-11+,31-13+,35-28+/t32-,33?,34-,36-,37?,38?,39?,40?,41-,42?,44?,45?,49?/m1/s1. The number of carbonyl (C=O) groups excluding carboxylic acids is 3. The summed E-state index contributed by atoms with van der Waals surface area (Å²) < 4.78 is 12.0. The lowest BCUT2D eigenvalue weighted by atomic mass is 9.69. The number of nitrogens with zero attached hydrogens (tertiary/aromatic N) is 1. The van der Waals surface area contributed by atoms with Gasteiger partial charge in [0.25, 0.3) is 11.7 Å². The first-order valence-corrected chi connectivity index (χ1v) is 22.9. The number of allylic oxidation sites excluding steroid dienone is 7. The second-order valence-corrected chi connectivity index (χ2v) is 19.2. The number of ketones is 2. The van der Waals surface area contributed by atoms with E-state index in [4.69, 9.17) is 9.47 Å². The van der Waals surface area contributed by atoms with Gasteiger partial charge < -0.3 is 29.7 Å². The first kappa shape index (κ1) is 48.7. The number of carboxylic acids is 1. The largest absolute Gasteiger partial charge is 0.480 e. The molecule has 9 unspecified atom stereocenters. The number of methoxy groups -OCH3 is 1. The van der Waals surface area contributed by atoms with Crippen molar-refractivity contribution < 1.29 is 44.0 Å². The SMILES string of the molecule is COC1CC(CC2CCC(=O)[C@H](C)/C=C(\C)C(O)CCC(C)C[C@H](C)/C=C/C=C/C=C(\C)CCC3CCC(C)C(O)(O3)C(=O)C(=O)N3CCC[C@H]2C3C(=O)O)CC[C@H]1C. The van der Waals surface area contributed by atoms with Crippen molar-refractivity contribution in [1.82, 2.24) is 4.90 Å². The monoisotopic (exact) mass is 824 g/mol. The summed E-state index contributed by atoms with van der Waals surface area (Å²) in [5, 5.41) is 33.8. The van der Waals surface area contributed by atoms with Crippen LogP contribution in [0.3, 0.4) is 0 Å². The molecule has 3 aliphatic heterocycles. The maximum atomic E-state index is 14.3. The summed E-state index contributed by atoms with van der Waals surface area (Å²) in [5.41, 5.74) is 1.90. The number of rotatable bonds is 4. The van der Waals surface area contributed by atoms with Crippen molar-refractivity contribution in [2.45, 2.75) is 175 Å². The van der Waals surface area contributed by atoms with Crippen LogP contribution in [0.15, 0.2) is 47.6 Å². The van der Waals surface area contributed by atoms with Gasteiger partial charge in [-0.3, -0.25) is 14.4 Å². The molecule has 1 amide bonds. The molecule has 1 saturated carbocycles. The summed E-state index contributed by atoms with van der Waals surface area (Å²) in [4.78, 5) is 56.7. The van der Waals surface area contributed by atoms with Gasteiger partial charge in [0.2, 0.25) is 5.79 Å². The lowest BCUT2D eigenvalue weighted by molar-refractivity contribution is -0.263. The minimum absolute atomic E-state index is 0.0250. The van der Waals surface area contributed by atoms with E-state index in [1.54, 1.807) is 14.0 Å². The highest BCUT2D eigenvalue weighted by atomic mass is 16.6. The zero-order valence-electron chi connectivity index (χ0n) is 37.4. The number of Topliss-reactive ketones (excluding diaryl/α,β-unsaturated/α-hetero) is 2. The number of aliphatic hydroxyl groups excluding tert-OH is 1. The third-order valence-corrected chi connectivity index (χ3v) is 14.3. The zero-order chi connectivity index (χ0) is 43.4. The zero-order valence-corrected chi connectivity index (χ0v) is 37.4.